The first-order valence-electron chi connectivity index (χ1n) is 5.73. The minimum absolute atomic E-state index is 0.0538. The summed E-state index contributed by atoms with van der Waals surface area (Å²) >= 11 is 3.23. The molecular weight excluding hydrogens is 327 g/mol. The summed E-state index contributed by atoms with van der Waals surface area (Å²) in [7, 11) is 0. The third kappa shape index (κ3) is 2.91. The summed E-state index contributed by atoms with van der Waals surface area (Å²) in [6.45, 7) is 1.83. The Labute approximate surface area is 123 Å². The van der Waals surface area contributed by atoms with Gasteiger partial charge in [0, 0.05) is 0 Å². The summed E-state index contributed by atoms with van der Waals surface area (Å²) in [5, 5.41) is 11.8. The van der Waals surface area contributed by atoms with Gasteiger partial charge >= 0.3 is 0 Å². The first-order valence-corrected chi connectivity index (χ1v) is 6.52. The van der Waals surface area contributed by atoms with Gasteiger partial charge in [0.1, 0.15) is 17.3 Å². The third-order valence-corrected chi connectivity index (χ3v) is 3.32. The van der Waals surface area contributed by atoms with Crippen LogP contribution in [-0.4, -0.2) is 11.0 Å². The van der Waals surface area contributed by atoms with Gasteiger partial charge in [-0.1, -0.05) is 17.3 Å². The summed E-state index contributed by atoms with van der Waals surface area (Å²) in [6, 6.07) is 9.38. The number of benzene rings is 2. The topological polar surface area (TPSA) is 67.8 Å². The quantitative estimate of drug-likeness (QED) is 0.387. The van der Waals surface area contributed by atoms with E-state index in [0.29, 0.717) is 21.5 Å². The van der Waals surface area contributed by atoms with E-state index in [1.54, 1.807) is 12.1 Å². The highest BCUT2D eigenvalue weighted by Gasteiger charge is 2.13. The first kappa shape index (κ1) is 14.3. The molecule has 0 radical (unpaired) electrons. The van der Waals surface area contributed by atoms with Crippen molar-refractivity contribution >= 4 is 21.8 Å². The van der Waals surface area contributed by atoms with Crippen LogP contribution in [0.2, 0.25) is 0 Å². The van der Waals surface area contributed by atoms with Gasteiger partial charge in [0.25, 0.3) is 0 Å². The Morgan fingerprint density at radius 2 is 2.10 bits per heavy atom. The Hall–Kier alpha value is -2.08. The molecule has 3 N–H and O–H groups in total. The fraction of sp³-hybridized carbons (Fsp3) is 0.0714. The second-order valence-corrected chi connectivity index (χ2v) is 4.97. The van der Waals surface area contributed by atoms with Crippen molar-refractivity contribution in [2.45, 2.75) is 6.92 Å². The van der Waals surface area contributed by atoms with Crippen LogP contribution in [0.25, 0.3) is 0 Å². The predicted molar refractivity (Wildman–Crippen MR) is 77.9 cm³/mol. The van der Waals surface area contributed by atoms with Crippen molar-refractivity contribution in [3.8, 4) is 11.5 Å². The van der Waals surface area contributed by atoms with E-state index in [9.17, 15) is 4.39 Å². The lowest BCUT2D eigenvalue weighted by Crippen LogP contribution is -2.14. The number of ether oxygens (including phenoxy) is 1. The van der Waals surface area contributed by atoms with E-state index in [0.717, 1.165) is 5.56 Å². The molecular formula is C14H12BrFN2O2. The first-order chi connectivity index (χ1) is 9.52. The lowest BCUT2D eigenvalue weighted by Gasteiger charge is -2.14. The van der Waals surface area contributed by atoms with Crippen molar-refractivity contribution < 1.29 is 14.3 Å². The number of hydrogen-bond donors (Lipinski definition) is 2. The van der Waals surface area contributed by atoms with Gasteiger partial charge < -0.3 is 15.7 Å². The predicted octanol–water partition coefficient (Wildman–Crippen LogP) is 3.78. The van der Waals surface area contributed by atoms with Crippen LogP contribution in [0.3, 0.4) is 0 Å². The fourth-order valence-corrected chi connectivity index (χ4v) is 2.14. The lowest BCUT2D eigenvalue weighted by molar-refractivity contribution is 0.318. The molecule has 4 nitrogen and oxygen atoms in total. The molecule has 6 heteroatoms. The molecule has 104 valence electrons. The second-order valence-electron chi connectivity index (χ2n) is 4.11. The molecule has 0 aliphatic rings. The van der Waals surface area contributed by atoms with Crippen molar-refractivity contribution in [1.82, 2.24) is 0 Å². The Bertz CT molecular complexity index is 674. The molecule has 0 aliphatic carbocycles. The minimum Gasteiger partial charge on any atom is -0.455 e. The molecule has 0 saturated heterocycles. The second kappa shape index (κ2) is 5.92. The van der Waals surface area contributed by atoms with Crippen molar-refractivity contribution in [3.63, 3.8) is 0 Å². The average Bonchev–Trinajstić information content (AvgIpc) is 2.42. The zero-order chi connectivity index (χ0) is 14.7. The van der Waals surface area contributed by atoms with Crippen LogP contribution < -0.4 is 10.5 Å². The molecule has 2 aromatic carbocycles. The molecule has 0 unspecified atom stereocenters. The maximum atomic E-state index is 13.1. The summed E-state index contributed by atoms with van der Waals surface area (Å²) in [5.41, 5.74) is 6.90. The number of nitrogens with zero attached hydrogens (tertiary/aromatic N) is 1. The van der Waals surface area contributed by atoms with Crippen LogP contribution in [0.1, 0.15) is 11.1 Å². The van der Waals surface area contributed by atoms with E-state index in [1.807, 2.05) is 13.0 Å². The Morgan fingerprint density at radius 1 is 1.35 bits per heavy atom. The maximum Gasteiger partial charge on any atom is 0.173 e. The molecule has 20 heavy (non-hydrogen) atoms. The summed E-state index contributed by atoms with van der Waals surface area (Å²) in [5.74, 6) is 0.468. The van der Waals surface area contributed by atoms with Crippen LogP contribution in [0.4, 0.5) is 4.39 Å². The van der Waals surface area contributed by atoms with Gasteiger partial charge in [0.05, 0.1) is 10.0 Å². The van der Waals surface area contributed by atoms with E-state index in [2.05, 4.69) is 21.1 Å². The number of amidine groups is 1. The number of hydrogen-bond acceptors (Lipinski definition) is 3. The fourth-order valence-electron chi connectivity index (χ4n) is 1.71. The number of aryl methyl sites for hydroxylation is 1. The smallest absolute Gasteiger partial charge is 0.173 e. The highest BCUT2D eigenvalue weighted by Crippen LogP contribution is 2.33. The molecule has 2 rings (SSSR count). The zero-order valence-electron chi connectivity index (χ0n) is 10.6. The van der Waals surface area contributed by atoms with Crippen molar-refractivity contribution in [1.29, 1.82) is 0 Å². The number of halogens is 2. The molecule has 0 bridgehead atoms. The number of para-hydroxylation sites is 1. The average molecular weight is 339 g/mol. The van der Waals surface area contributed by atoms with Gasteiger partial charge in [-0.2, -0.15) is 0 Å². The molecule has 0 heterocycles. The summed E-state index contributed by atoms with van der Waals surface area (Å²) < 4.78 is 19.3. The maximum absolute atomic E-state index is 13.1. The SMILES string of the molecule is Cc1cccc(/C(N)=N/O)c1Oc1ccc(F)cc1Br. The Morgan fingerprint density at radius 3 is 2.75 bits per heavy atom. The highest BCUT2D eigenvalue weighted by atomic mass is 79.9. The standard InChI is InChI=1S/C14H12BrFN2O2/c1-8-3-2-4-10(14(17)18-19)13(8)20-12-6-5-9(16)7-11(12)15/h2-7,19H,1H3,(H2,17,18). The van der Waals surface area contributed by atoms with E-state index in [-0.39, 0.29) is 11.7 Å². The normalized spacial score (nSPS) is 11.4. The van der Waals surface area contributed by atoms with Crippen LogP contribution >= 0.6 is 15.9 Å². The van der Waals surface area contributed by atoms with E-state index in [4.69, 9.17) is 15.7 Å². The van der Waals surface area contributed by atoms with Crippen molar-refractivity contribution in [3.05, 3.63) is 57.8 Å². The molecule has 0 aliphatic heterocycles. The van der Waals surface area contributed by atoms with Crippen LogP contribution in [0, 0.1) is 12.7 Å². The van der Waals surface area contributed by atoms with Gasteiger partial charge in [-0.25, -0.2) is 4.39 Å². The third-order valence-electron chi connectivity index (χ3n) is 2.70. The van der Waals surface area contributed by atoms with Gasteiger partial charge in [-0.3, -0.25) is 0 Å². The van der Waals surface area contributed by atoms with Gasteiger partial charge in [-0.05, 0) is 52.7 Å². The molecule has 0 amide bonds. The molecule has 0 fully saturated rings. The van der Waals surface area contributed by atoms with Crippen LogP contribution in [0.5, 0.6) is 11.5 Å². The molecule has 2 aromatic rings. The van der Waals surface area contributed by atoms with Crippen LogP contribution in [-0.2, 0) is 0 Å². The number of nitrogens with two attached hydrogens (primary N) is 1. The largest absolute Gasteiger partial charge is 0.455 e. The summed E-state index contributed by atoms with van der Waals surface area (Å²) in [6.07, 6.45) is 0. The van der Waals surface area contributed by atoms with E-state index < -0.39 is 0 Å². The minimum atomic E-state index is -0.370. The number of oxime groups is 1. The number of rotatable bonds is 3. The highest BCUT2D eigenvalue weighted by molar-refractivity contribution is 9.10. The molecule has 0 atom stereocenters. The molecule has 0 saturated carbocycles. The lowest BCUT2D eigenvalue weighted by atomic mass is 10.1. The molecule has 0 aromatic heterocycles. The van der Waals surface area contributed by atoms with E-state index in [1.165, 1.54) is 18.2 Å². The van der Waals surface area contributed by atoms with Crippen molar-refractivity contribution in [2.24, 2.45) is 10.9 Å². The Kier molecular flexibility index (Phi) is 4.24. The molecule has 0 spiro atoms. The van der Waals surface area contributed by atoms with Gasteiger partial charge in [0.2, 0.25) is 0 Å². The Balaban J connectivity index is 2.48. The van der Waals surface area contributed by atoms with Gasteiger partial charge in [-0.15, -0.1) is 0 Å². The summed E-state index contributed by atoms with van der Waals surface area (Å²) in [4.78, 5) is 0. The monoisotopic (exact) mass is 338 g/mol. The van der Waals surface area contributed by atoms with E-state index >= 15 is 0 Å². The zero-order valence-corrected chi connectivity index (χ0v) is 12.2. The van der Waals surface area contributed by atoms with Crippen LogP contribution in [0.15, 0.2) is 46.0 Å². The van der Waals surface area contributed by atoms with Gasteiger partial charge in [0.15, 0.2) is 5.84 Å². The van der Waals surface area contributed by atoms with Crippen molar-refractivity contribution in [2.75, 3.05) is 0 Å².